The molecule has 47 valence electrons. The maximum atomic E-state index is 4.76. The Morgan fingerprint density at radius 3 is 2.00 bits per heavy atom. The number of hydrogen-bond acceptors (Lipinski definition) is 2. The highest BCUT2D eigenvalue weighted by Gasteiger charge is 1.92. The number of aryl methyl sites for hydroxylation is 2. The molecule has 2 nitrogen and oxygen atoms in total. The Balaban J connectivity index is 3.17. The Morgan fingerprint density at radius 2 is 1.67 bits per heavy atom. The molecule has 3 heteroatoms. The molecule has 0 N–H and O–H groups in total. The molecule has 0 spiro atoms. The maximum Gasteiger partial charge on any atom is 0.219 e. The zero-order chi connectivity index (χ0) is 6.85. The van der Waals surface area contributed by atoms with Gasteiger partial charge in [0, 0.05) is 11.4 Å². The minimum atomic E-state index is 0.438. The van der Waals surface area contributed by atoms with Gasteiger partial charge in [-0.05, 0) is 32.5 Å². The van der Waals surface area contributed by atoms with Gasteiger partial charge in [-0.1, -0.05) is 0 Å². The lowest BCUT2D eigenvalue weighted by Gasteiger charge is -1.93. The summed E-state index contributed by atoms with van der Waals surface area (Å²) < 4.78 is 0. The molecule has 0 fully saturated rings. The summed E-state index contributed by atoms with van der Waals surface area (Å²) in [7, 11) is 0. The van der Waals surface area contributed by atoms with Crippen molar-refractivity contribution >= 4 is 12.6 Å². The van der Waals surface area contributed by atoms with E-state index in [0.717, 1.165) is 11.4 Å². The van der Waals surface area contributed by atoms with E-state index in [9.17, 15) is 0 Å². The van der Waals surface area contributed by atoms with Gasteiger partial charge in [0.1, 0.15) is 0 Å². The van der Waals surface area contributed by atoms with Gasteiger partial charge in [-0.2, -0.15) is 0 Å². The number of aromatic nitrogens is 2. The first-order chi connectivity index (χ1) is 4.18. The Bertz CT molecular complexity index is 172. The van der Waals surface area contributed by atoms with E-state index in [-0.39, 0.29) is 0 Å². The summed E-state index contributed by atoms with van der Waals surface area (Å²) in [5, 5.41) is 0.438. The molecule has 0 unspecified atom stereocenters. The van der Waals surface area contributed by atoms with Crippen molar-refractivity contribution in [3.8, 4) is 0 Å². The molecule has 1 radical (unpaired) electrons. The third-order valence-corrected chi connectivity index (χ3v) is 1.14. The normalized spacial score (nSPS) is 9.56. The molecular weight excluding hydrogens is 132 g/mol. The molecule has 0 aliphatic rings. The van der Waals surface area contributed by atoms with Crippen molar-refractivity contribution in [2.45, 2.75) is 19.0 Å². The molecule has 0 bridgehead atoms. The van der Waals surface area contributed by atoms with Gasteiger partial charge >= 0.3 is 0 Å². The van der Waals surface area contributed by atoms with Crippen LogP contribution in [0.5, 0.6) is 0 Å². The SMILES string of the molecule is Cc1cc(C)nc([S])n1. The predicted octanol–water partition coefficient (Wildman–Crippen LogP) is 1.65. The van der Waals surface area contributed by atoms with Crippen LogP contribution in [0.15, 0.2) is 11.2 Å². The van der Waals surface area contributed by atoms with Gasteiger partial charge in [0.2, 0.25) is 5.16 Å². The third kappa shape index (κ3) is 1.61. The second kappa shape index (κ2) is 2.27. The van der Waals surface area contributed by atoms with E-state index in [2.05, 4.69) is 9.97 Å². The summed E-state index contributed by atoms with van der Waals surface area (Å²) >= 11 is 4.76. The van der Waals surface area contributed by atoms with Crippen molar-refractivity contribution in [2.24, 2.45) is 0 Å². The van der Waals surface area contributed by atoms with Gasteiger partial charge in [0.25, 0.3) is 0 Å². The fourth-order valence-electron chi connectivity index (χ4n) is 0.694. The van der Waals surface area contributed by atoms with Gasteiger partial charge < -0.3 is 0 Å². The van der Waals surface area contributed by atoms with Crippen LogP contribution in [0.1, 0.15) is 11.4 Å². The molecule has 0 saturated carbocycles. The summed E-state index contributed by atoms with van der Waals surface area (Å²) in [6.07, 6.45) is 0. The van der Waals surface area contributed by atoms with Gasteiger partial charge in [0.05, 0.1) is 0 Å². The monoisotopic (exact) mass is 139 g/mol. The Labute approximate surface area is 59.8 Å². The lowest BCUT2D eigenvalue weighted by atomic mass is 10.4. The highest BCUT2D eigenvalue weighted by atomic mass is 32.1. The standard InChI is InChI=1S/C6H7N2S/c1-4-3-5(2)8-6(9)7-4/h3H,1-2H3. The Morgan fingerprint density at radius 1 is 1.22 bits per heavy atom. The first-order valence-electron chi connectivity index (χ1n) is 2.68. The van der Waals surface area contributed by atoms with Crippen LogP contribution in [-0.4, -0.2) is 9.97 Å². The largest absolute Gasteiger partial charge is 0.224 e. The van der Waals surface area contributed by atoms with Crippen LogP contribution in [0.4, 0.5) is 0 Å². The second-order valence-corrected chi connectivity index (χ2v) is 2.30. The van der Waals surface area contributed by atoms with E-state index < -0.39 is 0 Å². The van der Waals surface area contributed by atoms with Gasteiger partial charge in [-0.3, -0.25) is 0 Å². The van der Waals surface area contributed by atoms with Crippen LogP contribution in [-0.2, 0) is 0 Å². The predicted molar refractivity (Wildman–Crippen MR) is 37.4 cm³/mol. The van der Waals surface area contributed by atoms with Crippen LogP contribution < -0.4 is 0 Å². The number of hydrogen-bond donors (Lipinski definition) is 0. The van der Waals surface area contributed by atoms with Crippen LogP contribution in [0.2, 0.25) is 0 Å². The zero-order valence-corrected chi connectivity index (χ0v) is 6.20. The first-order valence-corrected chi connectivity index (χ1v) is 3.08. The summed E-state index contributed by atoms with van der Waals surface area (Å²) in [6.45, 7) is 3.81. The summed E-state index contributed by atoms with van der Waals surface area (Å²) in [5.41, 5.74) is 1.88. The second-order valence-electron chi connectivity index (χ2n) is 1.93. The molecule has 1 heterocycles. The van der Waals surface area contributed by atoms with Crippen molar-refractivity contribution in [3.63, 3.8) is 0 Å². The quantitative estimate of drug-likeness (QED) is 0.511. The minimum Gasteiger partial charge on any atom is -0.224 e. The van der Waals surface area contributed by atoms with Crippen molar-refractivity contribution in [1.29, 1.82) is 0 Å². The highest BCUT2D eigenvalue weighted by molar-refractivity contribution is 7.80. The highest BCUT2D eigenvalue weighted by Crippen LogP contribution is 2.01. The van der Waals surface area contributed by atoms with Crippen molar-refractivity contribution < 1.29 is 0 Å². The molecular formula is C6H7N2S. The Hall–Kier alpha value is -0.700. The smallest absolute Gasteiger partial charge is 0.219 e. The van der Waals surface area contributed by atoms with Gasteiger partial charge in [0.15, 0.2) is 0 Å². The number of nitrogens with zero attached hydrogens (tertiary/aromatic N) is 2. The van der Waals surface area contributed by atoms with Crippen LogP contribution in [0.3, 0.4) is 0 Å². The maximum absolute atomic E-state index is 4.76. The number of rotatable bonds is 0. The molecule has 0 aromatic carbocycles. The van der Waals surface area contributed by atoms with E-state index in [1.54, 1.807) is 0 Å². The Kier molecular flexibility index (Phi) is 1.62. The van der Waals surface area contributed by atoms with E-state index in [4.69, 9.17) is 12.6 Å². The lowest BCUT2D eigenvalue weighted by molar-refractivity contribution is 0.908. The van der Waals surface area contributed by atoms with Crippen molar-refractivity contribution in [3.05, 3.63) is 17.5 Å². The first kappa shape index (κ1) is 6.42. The molecule has 0 atom stereocenters. The van der Waals surface area contributed by atoms with Crippen LogP contribution >= 0.6 is 12.6 Å². The van der Waals surface area contributed by atoms with Crippen LogP contribution in [0.25, 0.3) is 0 Å². The molecule has 0 aliphatic heterocycles. The average molecular weight is 139 g/mol. The van der Waals surface area contributed by atoms with E-state index in [1.807, 2.05) is 19.9 Å². The van der Waals surface area contributed by atoms with Gasteiger partial charge in [-0.15, -0.1) is 0 Å². The summed E-state index contributed by atoms with van der Waals surface area (Å²) in [6, 6.07) is 1.90. The fraction of sp³-hybridized carbons (Fsp3) is 0.333. The fourth-order valence-corrected chi connectivity index (χ4v) is 0.982. The third-order valence-electron chi connectivity index (χ3n) is 0.962. The van der Waals surface area contributed by atoms with E-state index in [1.165, 1.54) is 0 Å². The molecule has 0 aliphatic carbocycles. The summed E-state index contributed by atoms with van der Waals surface area (Å²) in [5.74, 6) is 0. The summed E-state index contributed by atoms with van der Waals surface area (Å²) in [4.78, 5) is 7.88. The van der Waals surface area contributed by atoms with Crippen molar-refractivity contribution in [2.75, 3.05) is 0 Å². The minimum absolute atomic E-state index is 0.438. The van der Waals surface area contributed by atoms with Crippen molar-refractivity contribution in [1.82, 2.24) is 9.97 Å². The van der Waals surface area contributed by atoms with E-state index >= 15 is 0 Å². The van der Waals surface area contributed by atoms with Gasteiger partial charge in [-0.25, -0.2) is 9.97 Å². The van der Waals surface area contributed by atoms with Crippen LogP contribution in [0, 0.1) is 13.8 Å². The lowest BCUT2D eigenvalue weighted by Crippen LogP contribution is -1.89. The average Bonchev–Trinajstić information content (AvgIpc) is 1.59. The molecule has 1 aromatic rings. The molecule has 1 aromatic heterocycles. The topological polar surface area (TPSA) is 25.8 Å². The molecule has 0 saturated heterocycles. The zero-order valence-electron chi connectivity index (χ0n) is 5.38. The molecule has 9 heavy (non-hydrogen) atoms. The van der Waals surface area contributed by atoms with E-state index in [0.29, 0.717) is 5.16 Å². The molecule has 0 amide bonds. The molecule has 1 rings (SSSR count).